The molecular formula is C4H3N3O5. The summed E-state index contributed by atoms with van der Waals surface area (Å²) in [6.45, 7) is 0. The maximum Gasteiger partial charge on any atom is 0.433 e. The zero-order valence-electron chi connectivity index (χ0n) is 5.59. The molecule has 0 bridgehead atoms. The highest BCUT2D eigenvalue weighted by Crippen LogP contribution is 2.09. The van der Waals surface area contributed by atoms with Crippen LogP contribution >= 0.6 is 0 Å². The van der Waals surface area contributed by atoms with Crippen LogP contribution in [0.2, 0.25) is 0 Å². The molecule has 1 N–H and O–H groups in total. The lowest BCUT2D eigenvalue weighted by molar-refractivity contribution is -0.479. The van der Waals surface area contributed by atoms with E-state index in [1.165, 1.54) is 0 Å². The molecule has 0 aromatic carbocycles. The van der Waals surface area contributed by atoms with Gasteiger partial charge in [0.05, 0.1) is 11.0 Å². The van der Waals surface area contributed by atoms with Crippen molar-refractivity contribution in [3.8, 4) is 0 Å². The Labute approximate surface area is 65.4 Å². The van der Waals surface area contributed by atoms with Crippen molar-refractivity contribution >= 4 is 0 Å². The molecule has 0 aliphatic carbocycles. The summed E-state index contributed by atoms with van der Waals surface area (Å²) >= 11 is 0. The highest BCUT2D eigenvalue weighted by Gasteiger charge is 2.28. The second-order valence-electron chi connectivity index (χ2n) is 1.77. The number of nitrogens with zero attached hydrogens (tertiary/aromatic N) is 2. The van der Waals surface area contributed by atoms with Crippen molar-refractivity contribution in [1.29, 1.82) is 0 Å². The van der Waals surface area contributed by atoms with Crippen molar-refractivity contribution in [3.05, 3.63) is 44.1 Å². The van der Waals surface area contributed by atoms with Crippen LogP contribution in [-0.2, 0) is 4.84 Å². The van der Waals surface area contributed by atoms with Gasteiger partial charge in [0.25, 0.3) is 0 Å². The van der Waals surface area contributed by atoms with Crippen LogP contribution in [0, 0.1) is 20.2 Å². The van der Waals surface area contributed by atoms with Crippen LogP contribution in [0.4, 0.5) is 0 Å². The third kappa shape index (κ3) is 1.31. The smallest absolute Gasteiger partial charge is 0.358 e. The zero-order chi connectivity index (χ0) is 9.14. The molecule has 0 fully saturated rings. The highest BCUT2D eigenvalue weighted by molar-refractivity contribution is 5.13. The number of allylic oxidation sites excluding steroid dienone is 1. The van der Waals surface area contributed by atoms with Gasteiger partial charge in [0.15, 0.2) is 6.26 Å². The molecule has 1 aliphatic rings. The molecule has 0 radical (unpaired) electrons. The van der Waals surface area contributed by atoms with E-state index in [9.17, 15) is 20.2 Å². The van der Waals surface area contributed by atoms with E-state index in [4.69, 9.17) is 0 Å². The van der Waals surface area contributed by atoms with Crippen LogP contribution in [0.25, 0.3) is 0 Å². The molecule has 0 atom stereocenters. The van der Waals surface area contributed by atoms with E-state index in [0.29, 0.717) is 0 Å². The Morgan fingerprint density at radius 2 is 2.00 bits per heavy atom. The molecular weight excluding hydrogens is 170 g/mol. The molecule has 12 heavy (non-hydrogen) atoms. The second kappa shape index (κ2) is 2.86. The Bertz CT molecular complexity index is 293. The summed E-state index contributed by atoms with van der Waals surface area (Å²) in [6, 6.07) is 0. The van der Waals surface area contributed by atoms with Gasteiger partial charge in [-0.05, 0) is 4.92 Å². The molecule has 0 spiro atoms. The minimum Gasteiger partial charge on any atom is -0.358 e. The quantitative estimate of drug-likeness (QED) is 0.455. The molecule has 0 aromatic rings. The van der Waals surface area contributed by atoms with E-state index in [-0.39, 0.29) is 0 Å². The summed E-state index contributed by atoms with van der Waals surface area (Å²) in [6.07, 6.45) is 1.85. The zero-order valence-corrected chi connectivity index (χ0v) is 5.59. The van der Waals surface area contributed by atoms with Gasteiger partial charge in [0.1, 0.15) is 0 Å². The van der Waals surface area contributed by atoms with Gasteiger partial charge < -0.3 is 15.0 Å². The number of rotatable bonds is 2. The fraction of sp³-hybridized carbons (Fsp3) is 0. The summed E-state index contributed by atoms with van der Waals surface area (Å²) in [5.41, 5.74) is 1.17. The third-order valence-electron chi connectivity index (χ3n) is 1.07. The third-order valence-corrected chi connectivity index (χ3v) is 1.07. The van der Waals surface area contributed by atoms with E-state index >= 15 is 0 Å². The monoisotopic (exact) mass is 173 g/mol. The Kier molecular flexibility index (Phi) is 1.90. The lowest BCUT2D eigenvalue weighted by atomic mass is 10.4. The van der Waals surface area contributed by atoms with Crippen LogP contribution in [0.3, 0.4) is 0 Å². The molecule has 1 heterocycles. The minimum absolute atomic E-state index is 0.633. The Balaban J connectivity index is 3.08. The number of hydroxylamine groups is 1. The average molecular weight is 173 g/mol. The summed E-state index contributed by atoms with van der Waals surface area (Å²) in [5.74, 6) is -0.775. The minimum atomic E-state index is -0.929. The first kappa shape index (κ1) is 7.98. The van der Waals surface area contributed by atoms with Crippen molar-refractivity contribution in [3.63, 3.8) is 0 Å². The van der Waals surface area contributed by atoms with Crippen LogP contribution < -0.4 is 5.48 Å². The average Bonchev–Trinajstić information content (AvgIpc) is 2.04. The number of hydrogen-bond acceptors (Lipinski definition) is 6. The fourth-order valence-electron chi connectivity index (χ4n) is 0.598. The Hall–Kier alpha value is -2.12. The fourth-order valence-corrected chi connectivity index (χ4v) is 0.598. The molecule has 0 unspecified atom stereocenters. The summed E-state index contributed by atoms with van der Waals surface area (Å²) < 4.78 is 0. The SMILES string of the molecule is O=[N+]([O-])C1=C([N+](=O)[O-])NOC=C1. The van der Waals surface area contributed by atoms with Crippen LogP contribution in [0.15, 0.2) is 23.9 Å². The molecule has 0 saturated heterocycles. The molecule has 1 rings (SSSR count). The van der Waals surface area contributed by atoms with Crippen LogP contribution in [0.1, 0.15) is 0 Å². The second-order valence-corrected chi connectivity index (χ2v) is 1.77. The van der Waals surface area contributed by atoms with Gasteiger partial charge in [0.2, 0.25) is 0 Å². The van der Waals surface area contributed by atoms with E-state index in [2.05, 4.69) is 4.84 Å². The topological polar surface area (TPSA) is 108 Å². The number of nitro groups is 2. The van der Waals surface area contributed by atoms with Crippen molar-refractivity contribution in [2.24, 2.45) is 0 Å². The predicted molar refractivity (Wildman–Crippen MR) is 34.4 cm³/mol. The first-order valence-corrected chi connectivity index (χ1v) is 2.74. The molecule has 0 saturated carbocycles. The standard InChI is InChI=1S/C4H3N3O5/c8-6(9)3-1-2-12-5-4(3)7(10)11/h1-2,5H. The number of hydrogen-bond donors (Lipinski definition) is 1. The molecule has 0 aromatic heterocycles. The van der Waals surface area contributed by atoms with Crippen LogP contribution in [0.5, 0.6) is 0 Å². The Morgan fingerprint density at radius 1 is 1.33 bits per heavy atom. The van der Waals surface area contributed by atoms with Gasteiger partial charge >= 0.3 is 11.5 Å². The first-order valence-electron chi connectivity index (χ1n) is 2.74. The van der Waals surface area contributed by atoms with Gasteiger partial charge in [-0.25, -0.2) is 0 Å². The largest absolute Gasteiger partial charge is 0.433 e. The Morgan fingerprint density at radius 3 is 2.42 bits per heavy atom. The lowest BCUT2D eigenvalue weighted by Crippen LogP contribution is -2.24. The molecule has 0 amide bonds. The first-order chi connectivity index (χ1) is 5.63. The van der Waals surface area contributed by atoms with Crippen molar-refractivity contribution < 1.29 is 14.7 Å². The summed E-state index contributed by atoms with van der Waals surface area (Å²) in [5, 5.41) is 20.3. The van der Waals surface area contributed by atoms with E-state index in [0.717, 1.165) is 12.3 Å². The normalized spacial score (nSPS) is 15.0. The maximum atomic E-state index is 10.2. The maximum absolute atomic E-state index is 10.2. The lowest BCUT2D eigenvalue weighted by Gasteiger charge is -2.03. The molecule has 8 heteroatoms. The molecule has 8 nitrogen and oxygen atoms in total. The van der Waals surface area contributed by atoms with Crippen molar-refractivity contribution in [2.75, 3.05) is 0 Å². The van der Waals surface area contributed by atoms with Crippen LogP contribution in [-0.4, -0.2) is 9.85 Å². The van der Waals surface area contributed by atoms with Crippen molar-refractivity contribution in [2.45, 2.75) is 0 Å². The molecule has 1 aliphatic heterocycles. The summed E-state index contributed by atoms with van der Waals surface area (Å²) in [4.78, 5) is 22.8. The highest BCUT2D eigenvalue weighted by atomic mass is 16.7. The van der Waals surface area contributed by atoms with E-state index in [1.54, 1.807) is 5.48 Å². The predicted octanol–water partition coefficient (Wildman–Crippen LogP) is -0.243. The van der Waals surface area contributed by atoms with E-state index < -0.39 is 21.4 Å². The van der Waals surface area contributed by atoms with Crippen molar-refractivity contribution in [1.82, 2.24) is 5.48 Å². The number of nitrogens with one attached hydrogen (secondary N) is 1. The van der Waals surface area contributed by atoms with Gasteiger partial charge in [-0.2, -0.15) is 0 Å². The summed E-state index contributed by atoms with van der Waals surface area (Å²) in [7, 11) is 0. The van der Waals surface area contributed by atoms with Gasteiger partial charge in [-0.15, -0.1) is 0 Å². The van der Waals surface area contributed by atoms with Gasteiger partial charge in [-0.1, -0.05) is 5.48 Å². The van der Waals surface area contributed by atoms with E-state index in [1.807, 2.05) is 0 Å². The van der Waals surface area contributed by atoms with Gasteiger partial charge in [0, 0.05) is 0 Å². The molecule has 64 valence electrons. The van der Waals surface area contributed by atoms with Gasteiger partial charge in [-0.3, -0.25) is 10.1 Å².